The maximum absolute atomic E-state index is 13.9. The van der Waals surface area contributed by atoms with Gasteiger partial charge in [-0.1, -0.05) is 30.7 Å². The summed E-state index contributed by atoms with van der Waals surface area (Å²) in [7, 11) is 0. The van der Waals surface area contributed by atoms with Crippen molar-refractivity contribution in [1.82, 2.24) is 4.90 Å². The number of ketones is 1. The summed E-state index contributed by atoms with van der Waals surface area (Å²) in [5.74, 6) is 0.602. The van der Waals surface area contributed by atoms with Gasteiger partial charge in [0.05, 0.1) is 15.9 Å². The summed E-state index contributed by atoms with van der Waals surface area (Å²) in [6.45, 7) is 6.58. The third-order valence-electron chi connectivity index (χ3n) is 6.35. The fraction of sp³-hybridized carbons (Fsp3) is 0.458. The predicted octanol–water partition coefficient (Wildman–Crippen LogP) is 5.09. The summed E-state index contributed by atoms with van der Waals surface area (Å²) >= 11 is 6.06. The van der Waals surface area contributed by atoms with Crippen molar-refractivity contribution in [3.05, 3.63) is 68.2 Å². The van der Waals surface area contributed by atoms with Crippen molar-refractivity contribution in [1.29, 1.82) is 0 Å². The molecular weight excluding hydrogens is 416 g/mol. The number of rotatable bonds is 5. The zero-order valence-electron chi connectivity index (χ0n) is 17.9. The van der Waals surface area contributed by atoms with Crippen molar-refractivity contribution in [3.63, 3.8) is 0 Å². The summed E-state index contributed by atoms with van der Waals surface area (Å²) in [5, 5.41) is 12.2. The average molecular weight is 443 g/mol. The molecule has 2 aliphatic heterocycles. The van der Waals surface area contributed by atoms with Crippen LogP contribution in [0.25, 0.3) is 0 Å². The Balaban J connectivity index is 1.74. The van der Waals surface area contributed by atoms with Gasteiger partial charge >= 0.3 is 5.69 Å². The molecule has 0 spiro atoms. The van der Waals surface area contributed by atoms with Gasteiger partial charge in [-0.05, 0) is 68.0 Å². The predicted molar refractivity (Wildman–Crippen MR) is 120 cm³/mol. The monoisotopic (exact) mass is 442 g/mol. The number of nitro benzene ring substituents is 1. The Morgan fingerprint density at radius 2 is 2.03 bits per heavy atom. The van der Waals surface area contributed by atoms with E-state index in [2.05, 4.69) is 11.8 Å². The summed E-state index contributed by atoms with van der Waals surface area (Å²) in [6, 6.07) is 10.7. The third-order valence-corrected chi connectivity index (χ3v) is 6.60. The van der Waals surface area contributed by atoms with Gasteiger partial charge in [0, 0.05) is 24.2 Å². The number of aryl methyl sites for hydroxylation is 1. The Bertz CT molecular complexity index is 1010. The summed E-state index contributed by atoms with van der Waals surface area (Å²) < 4.78 is 6.01. The van der Waals surface area contributed by atoms with Crippen molar-refractivity contribution < 1.29 is 14.5 Å². The quantitative estimate of drug-likeness (QED) is 0.476. The van der Waals surface area contributed by atoms with Gasteiger partial charge in [0.15, 0.2) is 5.78 Å². The zero-order chi connectivity index (χ0) is 22.2. The lowest BCUT2D eigenvalue weighted by molar-refractivity contribution is -0.386. The van der Waals surface area contributed by atoms with E-state index in [1.54, 1.807) is 13.0 Å². The molecule has 7 heteroatoms. The molecule has 2 heterocycles. The minimum Gasteiger partial charge on any atom is -0.485 e. The van der Waals surface area contributed by atoms with Crippen molar-refractivity contribution in [2.45, 2.75) is 33.1 Å². The Hall–Kier alpha value is -2.44. The van der Waals surface area contributed by atoms with Gasteiger partial charge in [-0.25, -0.2) is 0 Å². The van der Waals surface area contributed by atoms with Crippen molar-refractivity contribution in [2.75, 3.05) is 26.2 Å². The van der Waals surface area contributed by atoms with E-state index in [1.807, 2.05) is 24.3 Å². The number of halogens is 1. The smallest absolute Gasteiger partial charge is 0.311 e. The molecule has 2 aliphatic rings. The maximum Gasteiger partial charge on any atom is 0.311 e. The van der Waals surface area contributed by atoms with Gasteiger partial charge in [-0.2, -0.15) is 0 Å². The van der Waals surface area contributed by atoms with Gasteiger partial charge in [0.2, 0.25) is 5.75 Å². The molecule has 0 amide bonds. The molecule has 4 rings (SSSR count). The molecule has 0 radical (unpaired) electrons. The standard InChI is InChI=1S/C24H27ClN2O4/c1-16-4-3-9-26(13-16)14-24(12-18-5-7-19(25)8-6-18)15-31-22-20(23(24)28)10-17(2)11-21(22)27(29)30/h5-8,10-11,16H,3-4,9,12-15H2,1-2H3/t16-,24-/m1/s1. The molecular formula is C24H27ClN2O4. The number of Topliss-reactive ketones (excluding diaryl/α,β-unsaturated/α-hetero) is 1. The van der Waals surface area contributed by atoms with Gasteiger partial charge in [-0.15, -0.1) is 0 Å². The van der Waals surface area contributed by atoms with Crippen LogP contribution in [0.3, 0.4) is 0 Å². The summed E-state index contributed by atoms with van der Waals surface area (Å²) in [6.07, 6.45) is 2.79. The zero-order valence-corrected chi connectivity index (χ0v) is 18.7. The third kappa shape index (κ3) is 4.46. The van der Waals surface area contributed by atoms with Crippen LogP contribution in [-0.4, -0.2) is 41.8 Å². The lowest BCUT2D eigenvalue weighted by Crippen LogP contribution is -2.52. The second-order valence-corrected chi connectivity index (χ2v) is 9.54. The molecule has 2 atom stereocenters. The maximum atomic E-state index is 13.9. The minimum absolute atomic E-state index is 0.0753. The lowest BCUT2D eigenvalue weighted by atomic mass is 9.73. The van der Waals surface area contributed by atoms with Crippen molar-refractivity contribution >= 4 is 23.1 Å². The van der Waals surface area contributed by atoms with E-state index in [4.69, 9.17) is 16.3 Å². The number of benzene rings is 2. The first-order chi connectivity index (χ1) is 14.8. The van der Waals surface area contributed by atoms with Crippen LogP contribution in [0.4, 0.5) is 5.69 Å². The number of nitrogens with zero attached hydrogens (tertiary/aromatic N) is 2. The van der Waals surface area contributed by atoms with Gasteiger partial charge < -0.3 is 9.64 Å². The number of hydrogen-bond donors (Lipinski definition) is 0. The van der Waals surface area contributed by atoms with E-state index < -0.39 is 10.3 Å². The number of piperidine rings is 1. The first kappa shape index (κ1) is 21.8. The first-order valence-corrected chi connectivity index (χ1v) is 11.1. The van der Waals surface area contributed by atoms with Crippen molar-refractivity contribution in [3.8, 4) is 5.75 Å². The van der Waals surface area contributed by atoms with Crippen LogP contribution in [0, 0.1) is 28.4 Å². The Morgan fingerprint density at radius 1 is 1.29 bits per heavy atom. The number of hydrogen-bond acceptors (Lipinski definition) is 5. The van der Waals surface area contributed by atoms with Crippen LogP contribution in [0.2, 0.25) is 5.02 Å². The molecule has 6 nitrogen and oxygen atoms in total. The highest BCUT2D eigenvalue weighted by Gasteiger charge is 2.47. The first-order valence-electron chi connectivity index (χ1n) is 10.7. The normalized spacial score (nSPS) is 23.8. The van der Waals surface area contributed by atoms with Crippen LogP contribution in [0.5, 0.6) is 5.75 Å². The second kappa shape index (κ2) is 8.60. The molecule has 2 aromatic rings. The molecule has 0 saturated carbocycles. The molecule has 2 aromatic carbocycles. The van der Waals surface area contributed by atoms with Gasteiger partial charge in [0.1, 0.15) is 6.61 Å². The van der Waals surface area contributed by atoms with Crippen LogP contribution >= 0.6 is 11.6 Å². The number of nitro groups is 1. The SMILES string of the molecule is Cc1cc2c(c([N+](=O)[O-])c1)OC[C@@](Cc1ccc(Cl)cc1)(CN1CCC[C@@H](C)C1)C2=O. The fourth-order valence-corrected chi connectivity index (χ4v) is 5.05. The second-order valence-electron chi connectivity index (χ2n) is 9.10. The van der Waals surface area contributed by atoms with E-state index in [-0.39, 0.29) is 23.8 Å². The molecule has 1 saturated heterocycles. The Morgan fingerprint density at radius 3 is 2.71 bits per heavy atom. The topological polar surface area (TPSA) is 72.7 Å². The molecule has 0 aliphatic carbocycles. The number of likely N-dealkylation sites (tertiary alicyclic amines) is 1. The molecule has 0 bridgehead atoms. The molecule has 0 aromatic heterocycles. The highest BCUT2D eigenvalue weighted by atomic mass is 35.5. The lowest BCUT2D eigenvalue weighted by Gasteiger charge is -2.42. The Labute approximate surface area is 187 Å². The molecule has 0 unspecified atom stereocenters. The van der Waals surface area contributed by atoms with Gasteiger partial charge in [-0.3, -0.25) is 14.9 Å². The average Bonchev–Trinajstić information content (AvgIpc) is 2.72. The van der Waals surface area contributed by atoms with Crippen LogP contribution in [-0.2, 0) is 6.42 Å². The largest absolute Gasteiger partial charge is 0.485 e. The van der Waals surface area contributed by atoms with Crippen LogP contribution in [0.15, 0.2) is 36.4 Å². The molecule has 1 fully saturated rings. The highest BCUT2D eigenvalue weighted by Crippen LogP contribution is 2.43. The van der Waals surface area contributed by atoms with E-state index >= 15 is 0 Å². The van der Waals surface area contributed by atoms with Gasteiger partial charge in [0.25, 0.3) is 0 Å². The van der Waals surface area contributed by atoms with Crippen LogP contribution < -0.4 is 4.74 Å². The van der Waals surface area contributed by atoms with E-state index in [9.17, 15) is 14.9 Å². The van der Waals surface area contributed by atoms with E-state index in [0.29, 0.717) is 35.0 Å². The van der Waals surface area contributed by atoms with E-state index in [0.717, 1.165) is 25.1 Å². The number of carbonyl (C=O) groups excluding carboxylic acids is 1. The molecule has 164 valence electrons. The number of fused-ring (bicyclic) bond motifs is 1. The minimum atomic E-state index is -0.806. The van der Waals surface area contributed by atoms with Crippen LogP contribution in [0.1, 0.15) is 41.3 Å². The summed E-state index contributed by atoms with van der Waals surface area (Å²) in [5.41, 5.74) is 1.04. The molecule has 0 N–H and O–H groups in total. The number of carbonyl (C=O) groups is 1. The number of ether oxygens (including phenoxy) is 1. The Kier molecular flexibility index (Phi) is 6.04. The van der Waals surface area contributed by atoms with Crippen molar-refractivity contribution in [2.24, 2.45) is 11.3 Å². The van der Waals surface area contributed by atoms with E-state index in [1.165, 1.54) is 12.5 Å². The molecule has 31 heavy (non-hydrogen) atoms. The highest BCUT2D eigenvalue weighted by molar-refractivity contribution is 6.30. The fourth-order valence-electron chi connectivity index (χ4n) is 4.93. The summed E-state index contributed by atoms with van der Waals surface area (Å²) in [4.78, 5) is 27.4.